The van der Waals surface area contributed by atoms with E-state index in [0.717, 1.165) is 16.8 Å². The monoisotopic (exact) mass is 457 g/mol. The molecule has 2 aromatic carbocycles. The van der Waals surface area contributed by atoms with Crippen molar-refractivity contribution in [3.8, 4) is 0 Å². The van der Waals surface area contributed by atoms with Gasteiger partial charge in [0.05, 0.1) is 6.04 Å². The summed E-state index contributed by atoms with van der Waals surface area (Å²) in [5, 5.41) is 26.4. The van der Waals surface area contributed by atoms with E-state index in [4.69, 9.17) is 4.74 Å². The molecule has 8 nitrogen and oxygen atoms in total. The summed E-state index contributed by atoms with van der Waals surface area (Å²) in [6.07, 6.45) is -1.88. The van der Waals surface area contributed by atoms with E-state index in [2.05, 4.69) is 10.6 Å². The number of hydrogen-bond donors (Lipinski definition) is 4. The molecule has 180 valence electrons. The van der Waals surface area contributed by atoms with Crippen LogP contribution in [-0.2, 0) is 22.5 Å². The number of amides is 1. The van der Waals surface area contributed by atoms with Gasteiger partial charge in [-0.15, -0.1) is 0 Å². The molecule has 0 saturated carbocycles. The van der Waals surface area contributed by atoms with E-state index in [9.17, 15) is 19.8 Å². The molecule has 0 fully saturated rings. The second-order valence-electron chi connectivity index (χ2n) is 9.19. The van der Waals surface area contributed by atoms with E-state index >= 15 is 0 Å². The average Bonchev–Trinajstić information content (AvgIpc) is 2.72. The number of ether oxygens (including phenoxy) is 1. The molecule has 4 N–H and O–H groups in total. The highest BCUT2D eigenvalue weighted by Gasteiger charge is 2.34. The Hall–Kier alpha value is -3.10. The number of rotatable bonds is 10. The first-order valence-electron chi connectivity index (χ1n) is 10.9. The molecule has 0 heterocycles. The highest BCUT2D eigenvalue weighted by atomic mass is 16.6. The third-order valence-corrected chi connectivity index (χ3v) is 5.00. The molecular formula is C25H35N3O5. The van der Waals surface area contributed by atoms with Gasteiger partial charge in [-0.3, -0.25) is 10.1 Å². The molecule has 33 heavy (non-hydrogen) atoms. The van der Waals surface area contributed by atoms with Gasteiger partial charge in [-0.2, -0.15) is 0 Å². The number of carboxylic acid groups (broad SMARTS) is 1. The molecule has 0 unspecified atom stereocenters. The van der Waals surface area contributed by atoms with Gasteiger partial charge < -0.3 is 25.2 Å². The third kappa shape index (κ3) is 8.75. The Morgan fingerprint density at radius 1 is 1.00 bits per heavy atom. The molecule has 2 aromatic rings. The first-order valence-corrected chi connectivity index (χ1v) is 10.9. The maximum absolute atomic E-state index is 12.4. The molecule has 0 aliphatic rings. The fourth-order valence-electron chi connectivity index (χ4n) is 3.31. The zero-order chi connectivity index (χ0) is 24.6. The van der Waals surface area contributed by atoms with Crippen molar-refractivity contribution in [3.63, 3.8) is 0 Å². The maximum atomic E-state index is 12.4. The van der Waals surface area contributed by atoms with Crippen LogP contribution < -0.4 is 15.5 Å². The Kier molecular flexibility index (Phi) is 9.25. The summed E-state index contributed by atoms with van der Waals surface area (Å²) in [5.74, 6) is -1.21. The van der Waals surface area contributed by atoms with Gasteiger partial charge in [0.2, 0.25) is 0 Å². The molecule has 0 aromatic heterocycles. The first-order chi connectivity index (χ1) is 15.5. The first kappa shape index (κ1) is 26.2. The van der Waals surface area contributed by atoms with Crippen molar-refractivity contribution >= 4 is 17.7 Å². The third-order valence-electron chi connectivity index (χ3n) is 5.00. The van der Waals surface area contributed by atoms with Crippen molar-refractivity contribution in [1.82, 2.24) is 10.6 Å². The minimum Gasteiger partial charge on any atom is -0.480 e. The molecule has 1 amide bonds. The predicted octanol–water partition coefficient (Wildman–Crippen LogP) is 2.79. The molecular weight excluding hydrogens is 422 g/mol. The highest BCUT2D eigenvalue weighted by molar-refractivity contribution is 5.75. The number of aliphatic carboxylic acids is 1. The number of aliphatic hydroxyl groups is 1. The summed E-state index contributed by atoms with van der Waals surface area (Å²) in [6.45, 7) is 5.45. The van der Waals surface area contributed by atoms with Gasteiger partial charge in [-0.05, 0) is 50.5 Å². The zero-order valence-corrected chi connectivity index (χ0v) is 19.9. The Labute approximate surface area is 195 Å². The van der Waals surface area contributed by atoms with Gasteiger partial charge in [0.25, 0.3) is 0 Å². The van der Waals surface area contributed by atoms with E-state index < -0.39 is 35.9 Å². The summed E-state index contributed by atoms with van der Waals surface area (Å²) in [5.41, 5.74) is 2.02. The number of nitrogens with one attached hydrogen (secondary N) is 2. The second-order valence-corrected chi connectivity index (χ2v) is 9.19. The number of hydrogen-bond acceptors (Lipinski definition) is 6. The number of aliphatic hydroxyl groups excluding tert-OH is 1. The van der Waals surface area contributed by atoms with Gasteiger partial charge in [-0.1, -0.05) is 42.5 Å². The quantitative estimate of drug-likeness (QED) is 0.434. The van der Waals surface area contributed by atoms with Crippen LogP contribution >= 0.6 is 0 Å². The van der Waals surface area contributed by atoms with Crippen LogP contribution in [0.1, 0.15) is 31.9 Å². The smallest absolute Gasteiger partial charge is 0.407 e. The standard InChI is InChI=1S/C25H35N3O5/c1-25(2,3)33-24(32)27-20(15-17-9-7-6-8-10-17)22(29)21(23(30)31)26-16-18-11-13-19(14-12-18)28(4)5/h6-14,20-22,26,29H,15-16H2,1-5H3,(H,27,32)(H,30,31)/t20-,21+,22+/m0/s1. The van der Waals surface area contributed by atoms with Crippen LogP contribution in [0, 0.1) is 0 Å². The fraction of sp³-hybridized carbons (Fsp3) is 0.440. The normalized spacial score (nSPS) is 14.1. The average molecular weight is 458 g/mol. The number of benzene rings is 2. The number of carbonyl (C=O) groups excluding carboxylic acids is 1. The molecule has 2 rings (SSSR count). The highest BCUT2D eigenvalue weighted by Crippen LogP contribution is 2.15. The van der Waals surface area contributed by atoms with E-state index in [0.29, 0.717) is 0 Å². The molecule has 0 saturated heterocycles. The summed E-state index contributed by atoms with van der Waals surface area (Å²) < 4.78 is 5.32. The minimum absolute atomic E-state index is 0.240. The lowest BCUT2D eigenvalue weighted by Crippen LogP contribution is -2.57. The Balaban J connectivity index is 2.16. The van der Waals surface area contributed by atoms with Crippen LogP contribution in [0.3, 0.4) is 0 Å². The van der Waals surface area contributed by atoms with Crippen LogP contribution in [0.25, 0.3) is 0 Å². The Morgan fingerprint density at radius 3 is 2.12 bits per heavy atom. The van der Waals surface area contributed by atoms with E-state index in [-0.39, 0.29) is 13.0 Å². The van der Waals surface area contributed by atoms with Crippen molar-refractivity contribution in [1.29, 1.82) is 0 Å². The van der Waals surface area contributed by atoms with Crippen molar-refractivity contribution in [3.05, 3.63) is 65.7 Å². The Bertz CT molecular complexity index is 895. The molecule has 0 aliphatic carbocycles. The second kappa shape index (κ2) is 11.7. The number of alkyl carbamates (subject to hydrolysis) is 1. The maximum Gasteiger partial charge on any atom is 0.407 e. The largest absolute Gasteiger partial charge is 0.480 e. The molecule has 0 bridgehead atoms. The zero-order valence-electron chi connectivity index (χ0n) is 19.9. The van der Waals surface area contributed by atoms with E-state index in [1.165, 1.54) is 0 Å². The summed E-state index contributed by atoms with van der Waals surface area (Å²) in [6, 6.07) is 14.7. The molecule has 3 atom stereocenters. The number of nitrogens with zero attached hydrogens (tertiary/aromatic N) is 1. The fourth-order valence-corrected chi connectivity index (χ4v) is 3.31. The van der Waals surface area contributed by atoms with Gasteiger partial charge in [-0.25, -0.2) is 4.79 Å². The Morgan fingerprint density at radius 2 is 1.61 bits per heavy atom. The lowest BCUT2D eigenvalue weighted by molar-refractivity contribution is -0.143. The van der Waals surface area contributed by atoms with E-state index in [1.807, 2.05) is 73.6 Å². The molecule has 0 spiro atoms. The lowest BCUT2D eigenvalue weighted by atomic mass is 9.96. The van der Waals surface area contributed by atoms with Gasteiger partial charge in [0.15, 0.2) is 0 Å². The SMILES string of the molecule is CN(C)c1ccc(CN[C@@H](C(=O)O)[C@H](O)[C@H](Cc2ccccc2)NC(=O)OC(C)(C)C)cc1. The van der Waals surface area contributed by atoms with Crippen molar-refractivity contribution in [2.75, 3.05) is 19.0 Å². The van der Waals surface area contributed by atoms with Crippen molar-refractivity contribution < 1.29 is 24.5 Å². The van der Waals surface area contributed by atoms with Crippen LogP contribution in [0.5, 0.6) is 0 Å². The number of anilines is 1. The number of carboxylic acids is 1. The molecule has 0 radical (unpaired) electrons. The number of carbonyl (C=O) groups is 2. The summed E-state index contributed by atoms with van der Waals surface area (Å²) in [4.78, 5) is 26.4. The predicted molar refractivity (Wildman–Crippen MR) is 128 cm³/mol. The van der Waals surface area contributed by atoms with Gasteiger partial charge in [0.1, 0.15) is 17.7 Å². The van der Waals surface area contributed by atoms with Crippen LogP contribution in [-0.4, -0.2) is 60.2 Å². The lowest BCUT2D eigenvalue weighted by Gasteiger charge is -2.30. The van der Waals surface area contributed by atoms with Gasteiger partial charge in [0, 0.05) is 26.3 Å². The van der Waals surface area contributed by atoms with Crippen molar-refractivity contribution in [2.45, 2.75) is 57.5 Å². The van der Waals surface area contributed by atoms with Crippen LogP contribution in [0.2, 0.25) is 0 Å². The van der Waals surface area contributed by atoms with Gasteiger partial charge >= 0.3 is 12.1 Å². The van der Waals surface area contributed by atoms with Crippen LogP contribution in [0.4, 0.5) is 10.5 Å². The topological polar surface area (TPSA) is 111 Å². The van der Waals surface area contributed by atoms with Crippen LogP contribution in [0.15, 0.2) is 54.6 Å². The van der Waals surface area contributed by atoms with Crippen molar-refractivity contribution in [2.24, 2.45) is 0 Å². The van der Waals surface area contributed by atoms with E-state index in [1.54, 1.807) is 20.8 Å². The summed E-state index contributed by atoms with van der Waals surface area (Å²) >= 11 is 0. The molecule has 8 heteroatoms. The summed E-state index contributed by atoms with van der Waals surface area (Å²) in [7, 11) is 3.88. The minimum atomic E-state index is -1.41. The molecule has 0 aliphatic heterocycles.